The van der Waals surface area contributed by atoms with Crippen molar-refractivity contribution in [3.63, 3.8) is 0 Å². The van der Waals surface area contributed by atoms with Gasteiger partial charge in [0.1, 0.15) is 10.3 Å². The minimum Gasteiger partial charge on any atom is -0.347 e. The summed E-state index contributed by atoms with van der Waals surface area (Å²) < 4.78 is 0. The lowest BCUT2D eigenvalue weighted by Crippen LogP contribution is -2.40. The standard InChI is InChI=1S/C20H22N4OS/c1-13-9-14(2)11-16(10-13)22-18(25)15-5-4-8-24(12-15)20-23-17-6-3-7-21-19(17)26-20/h3,6-7,9-11,15H,4-5,8,12H2,1-2H3,(H,22,25)/t15-/m0/s1. The van der Waals surface area contributed by atoms with E-state index in [1.807, 2.05) is 38.1 Å². The van der Waals surface area contributed by atoms with Crippen LogP contribution in [-0.4, -0.2) is 29.0 Å². The molecular weight excluding hydrogens is 344 g/mol. The van der Waals surface area contributed by atoms with Gasteiger partial charge in [-0.3, -0.25) is 4.79 Å². The van der Waals surface area contributed by atoms with E-state index in [2.05, 4.69) is 26.3 Å². The molecule has 1 aliphatic rings. The zero-order valence-corrected chi connectivity index (χ0v) is 15.8. The van der Waals surface area contributed by atoms with Gasteiger partial charge in [0.25, 0.3) is 0 Å². The molecule has 3 heterocycles. The van der Waals surface area contributed by atoms with E-state index in [-0.39, 0.29) is 11.8 Å². The van der Waals surface area contributed by atoms with Crippen LogP contribution in [0.1, 0.15) is 24.0 Å². The van der Waals surface area contributed by atoms with Gasteiger partial charge in [-0.25, -0.2) is 9.97 Å². The van der Waals surface area contributed by atoms with Gasteiger partial charge in [-0.2, -0.15) is 0 Å². The largest absolute Gasteiger partial charge is 0.347 e. The van der Waals surface area contributed by atoms with Crippen LogP contribution in [-0.2, 0) is 4.79 Å². The fraction of sp³-hybridized carbons (Fsp3) is 0.350. The number of hydrogen-bond donors (Lipinski definition) is 1. The third-order valence-corrected chi connectivity index (χ3v) is 5.75. The molecule has 134 valence electrons. The van der Waals surface area contributed by atoms with Gasteiger partial charge in [0.05, 0.1) is 5.92 Å². The maximum Gasteiger partial charge on any atom is 0.229 e. The van der Waals surface area contributed by atoms with Gasteiger partial charge in [0.2, 0.25) is 5.91 Å². The van der Waals surface area contributed by atoms with Crippen molar-refractivity contribution < 1.29 is 4.79 Å². The van der Waals surface area contributed by atoms with Crippen LogP contribution in [0, 0.1) is 19.8 Å². The molecule has 0 radical (unpaired) electrons. The van der Waals surface area contributed by atoms with E-state index in [9.17, 15) is 4.79 Å². The number of hydrogen-bond acceptors (Lipinski definition) is 5. The molecule has 3 aromatic rings. The average Bonchev–Trinajstić information content (AvgIpc) is 3.05. The number of aromatic nitrogens is 2. The smallest absolute Gasteiger partial charge is 0.229 e. The van der Waals surface area contributed by atoms with Crippen LogP contribution in [0.4, 0.5) is 10.8 Å². The highest BCUT2D eigenvalue weighted by atomic mass is 32.1. The molecule has 26 heavy (non-hydrogen) atoms. The lowest BCUT2D eigenvalue weighted by atomic mass is 9.97. The van der Waals surface area contributed by atoms with Crippen LogP contribution in [0.25, 0.3) is 10.3 Å². The maximum absolute atomic E-state index is 12.8. The van der Waals surface area contributed by atoms with Gasteiger partial charge in [0.15, 0.2) is 5.13 Å². The van der Waals surface area contributed by atoms with Gasteiger partial charge < -0.3 is 10.2 Å². The molecule has 5 nitrogen and oxygen atoms in total. The molecule has 6 heteroatoms. The number of aryl methyl sites for hydroxylation is 2. The Bertz CT molecular complexity index is 899. The van der Waals surface area contributed by atoms with Crippen molar-refractivity contribution in [3.05, 3.63) is 47.7 Å². The first-order chi connectivity index (χ1) is 12.6. The molecule has 1 atom stereocenters. The number of rotatable bonds is 3. The highest BCUT2D eigenvalue weighted by molar-refractivity contribution is 7.21. The van der Waals surface area contributed by atoms with E-state index >= 15 is 0 Å². The first-order valence-electron chi connectivity index (χ1n) is 8.94. The summed E-state index contributed by atoms with van der Waals surface area (Å²) in [6.45, 7) is 5.74. The second-order valence-corrected chi connectivity index (χ2v) is 7.93. The van der Waals surface area contributed by atoms with Gasteiger partial charge >= 0.3 is 0 Å². The zero-order valence-electron chi connectivity index (χ0n) is 15.0. The second-order valence-electron chi connectivity index (χ2n) is 6.97. The van der Waals surface area contributed by atoms with Gasteiger partial charge in [-0.15, -0.1) is 0 Å². The Morgan fingerprint density at radius 2 is 2.08 bits per heavy atom. The third kappa shape index (κ3) is 3.55. The zero-order chi connectivity index (χ0) is 18.1. The fourth-order valence-electron chi connectivity index (χ4n) is 3.55. The van der Waals surface area contributed by atoms with E-state index in [4.69, 9.17) is 0 Å². The lowest BCUT2D eigenvalue weighted by molar-refractivity contribution is -0.120. The highest BCUT2D eigenvalue weighted by Gasteiger charge is 2.27. The van der Waals surface area contributed by atoms with Gasteiger partial charge in [-0.1, -0.05) is 17.4 Å². The van der Waals surface area contributed by atoms with E-state index in [0.717, 1.165) is 51.7 Å². The monoisotopic (exact) mass is 366 g/mol. The molecule has 0 spiro atoms. The first kappa shape index (κ1) is 17.0. The molecule has 1 N–H and O–H groups in total. The summed E-state index contributed by atoms with van der Waals surface area (Å²) in [6, 6.07) is 10.0. The van der Waals surface area contributed by atoms with E-state index in [0.29, 0.717) is 6.54 Å². The lowest BCUT2D eigenvalue weighted by Gasteiger charge is -2.31. The summed E-state index contributed by atoms with van der Waals surface area (Å²) >= 11 is 1.60. The number of nitrogens with zero attached hydrogens (tertiary/aromatic N) is 3. The number of fused-ring (bicyclic) bond motifs is 1. The van der Waals surface area contributed by atoms with E-state index in [1.54, 1.807) is 17.5 Å². The molecule has 4 rings (SSSR count). The number of carbonyl (C=O) groups is 1. The molecule has 0 bridgehead atoms. The molecule has 2 aromatic heterocycles. The quantitative estimate of drug-likeness (QED) is 0.756. The minimum atomic E-state index is -0.0236. The number of piperidine rings is 1. The van der Waals surface area contributed by atoms with Gasteiger partial charge in [-0.05, 0) is 62.1 Å². The molecule has 0 saturated carbocycles. The van der Waals surface area contributed by atoms with Crippen molar-refractivity contribution in [1.29, 1.82) is 0 Å². The summed E-state index contributed by atoms with van der Waals surface area (Å²) in [6.07, 6.45) is 3.70. The highest BCUT2D eigenvalue weighted by Crippen LogP contribution is 2.30. The Labute approximate surface area is 157 Å². The molecule has 1 aromatic carbocycles. The van der Waals surface area contributed by atoms with Crippen molar-refractivity contribution >= 4 is 38.4 Å². The first-order valence-corrected chi connectivity index (χ1v) is 9.76. The molecule has 1 amide bonds. The number of anilines is 2. The van der Waals surface area contributed by atoms with Crippen molar-refractivity contribution in [1.82, 2.24) is 9.97 Å². The number of pyridine rings is 1. The molecule has 1 aliphatic heterocycles. The molecular formula is C20H22N4OS. The Morgan fingerprint density at radius 3 is 2.85 bits per heavy atom. The normalized spacial score (nSPS) is 17.5. The summed E-state index contributed by atoms with van der Waals surface area (Å²) in [5.74, 6) is 0.0727. The van der Waals surface area contributed by atoms with Crippen LogP contribution in [0.5, 0.6) is 0 Å². The van der Waals surface area contributed by atoms with Crippen LogP contribution >= 0.6 is 11.3 Å². The topological polar surface area (TPSA) is 58.1 Å². The van der Waals surface area contributed by atoms with E-state index < -0.39 is 0 Å². The Morgan fingerprint density at radius 1 is 1.27 bits per heavy atom. The Balaban J connectivity index is 1.48. The van der Waals surface area contributed by atoms with Crippen molar-refractivity contribution in [2.24, 2.45) is 5.92 Å². The van der Waals surface area contributed by atoms with Gasteiger partial charge in [0, 0.05) is 25.0 Å². The number of thiazole rings is 1. The van der Waals surface area contributed by atoms with Crippen LogP contribution in [0.2, 0.25) is 0 Å². The van der Waals surface area contributed by atoms with Crippen LogP contribution in [0.15, 0.2) is 36.5 Å². The summed E-state index contributed by atoms with van der Waals surface area (Å²) in [4.78, 5) is 25.0. The SMILES string of the molecule is Cc1cc(C)cc(NC(=O)[C@H]2CCCN(c3nc4cccnc4s3)C2)c1. The second kappa shape index (κ2) is 7.03. The number of amides is 1. The number of carbonyl (C=O) groups excluding carboxylic acids is 1. The Kier molecular flexibility index (Phi) is 4.59. The molecule has 1 saturated heterocycles. The van der Waals surface area contributed by atoms with Crippen LogP contribution < -0.4 is 10.2 Å². The molecule has 0 unspecified atom stereocenters. The fourth-order valence-corrected chi connectivity index (χ4v) is 4.49. The van der Waals surface area contributed by atoms with Crippen LogP contribution in [0.3, 0.4) is 0 Å². The van der Waals surface area contributed by atoms with Crippen molar-refractivity contribution in [2.45, 2.75) is 26.7 Å². The van der Waals surface area contributed by atoms with E-state index in [1.165, 1.54) is 0 Å². The predicted molar refractivity (Wildman–Crippen MR) is 107 cm³/mol. The summed E-state index contributed by atoms with van der Waals surface area (Å²) in [5.41, 5.74) is 4.13. The maximum atomic E-state index is 12.8. The predicted octanol–water partition coefficient (Wildman–Crippen LogP) is 4.16. The average molecular weight is 366 g/mol. The van der Waals surface area contributed by atoms with Crippen molar-refractivity contribution in [3.8, 4) is 0 Å². The summed E-state index contributed by atoms with van der Waals surface area (Å²) in [5, 5.41) is 4.06. The summed E-state index contributed by atoms with van der Waals surface area (Å²) in [7, 11) is 0. The number of benzene rings is 1. The molecule has 1 fully saturated rings. The number of nitrogens with one attached hydrogen (secondary N) is 1. The molecule has 0 aliphatic carbocycles. The minimum absolute atomic E-state index is 0.0236. The Hall–Kier alpha value is -2.47. The van der Waals surface area contributed by atoms with Crippen molar-refractivity contribution in [2.75, 3.05) is 23.3 Å². The third-order valence-electron chi connectivity index (χ3n) is 4.71.